The first kappa shape index (κ1) is 15.4. The second-order valence-corrected chi connectivity index (χ2v) is 5.25. The zero-order valence-corrected chi connectivity index (χ0v) is 11.4. The Labute approximate surface area is 121 Å². The quantitative estimate of drug-likeness (QED) is 0.656. The summed E-state index contributed by atoms with van der Waals surface area (Å²) in [6.45, 7) is 0.318. The van der Waals surface area contributed by atoms with Crippen molar-refractivity contribution < 1.29 is 19.2 Å². The Morgan fingerprint density at radius 1 is 1.43 bits per heavy atom. The van der Waals surface area contributed by atoms with Crippen molar-refractivity contribution in [3.8, 4) is 0 Å². The van der Waals surface area contributed by atoms with Gasteiger partial charge >= 0.3 is 5.69 Å². The van der Waals surface area contributed by atoms with Crippen molar-refractivity contribution in [2.75, 3.05) is 6.54 Å². The minimum absolute atomic E-state index is 0.00518. The molecule has 0 aliphatic heterocycles. The highest BCUT2D eigenvalue weighted by Crippen LogP contribution is 2.24. The summed E-state index contributed by atoms with van der Waals surface area (Å²) in [7, 11) is 0. The number of carbonyl (C=O) groups is 1. The van der Waals surface area contributed by atoms with Crippen LogP contribution in [0.5, 0.6) is 0 Å². The first-order chi connectivity index (χ1) is 9.99. The van der Waals surface area contributed by atoms with Crippen molar-refractivity contribution in [2.24, 2.45) is 5.92 Å². The number of aliphatic hydroxyl groups excluding tert-OH is 1. The molecule has 1 fully saturated rings. The Kier molecular flexibility index (Phi) is 4.85. The lowest BCUT2D eigenvalue weighted by atomic mass is 9.86. The molecular weight excluding hydrogens is 279 g/mol. The first-order valence-electron chi connectivity index (χ1n) is 6.89. The number of carbonyl (C=O) groups excluding carboxylic acids is 1. The number of amides is 1. The Hall–Kier alpha value is -2.02. The Morgan fingerprint density at radius 3 is 2.76 bits per heavy atom. The van der Waals surface area contributed by atoms with Gasteiger partial charge in [0.1, 0.15) is 0 Å². The molecule has 1 aliphatic carbocycles. The topological polar surface area (TPSA) is 92.5 Å². The second kappa shape index (κ2) is 6.62. The third-order valence-electron chi connectivity index (χ3n) is 3.80. The molecule has 114 valence electrons. The second-order valence-electron chi connectivity index (χ2n) is 5.25. The molecule has 7 heteroatoms. The predicted molar refractivity (Wildman–Crippen MR) is 73.4 cm³/mol. The van der Waals surface area contributed by atoms with Gasteiger partial charge in [-0.1, -0.05) is 12.8 Å². The molecule has 1 aromatic carbocycles. The van der Waals surface area contributed by atoms with Crippen LogP contribution in [0.4, 0.5) is 10.1 Å². The maximum atomic E-state index is 13.5. The zero-order chi connectivity index (χ0) is 15.4. The number of nitrogens with zero attached hydrogens (tertiary/aromatic N) is 1. The van der Waals surface area contributed by atoms with Crippen LogP contribution in [0.25, 0.3) is 0 Å². The van der Waals surface area contributed by atoms with Gasteiger partial charge in [-0.05, 0) is 25.0 Å². The summed E-state index contributed by atoms with van der Waals surface area (Å²) in [5, 5.41) is 23.0. The molecule has 0 spiro atoms. The Balaban J connectivity index is 1.97. The van der Waals surface area contributed by atoms with Crippen molar-refractivity contribution in [2.45, 2.75) is 31.8 Å². The van der Waals surface area contributed by atoms with Gasteiger partial charge in [0.05, 0.1) is 11.0 Å². The summed E-state index contributed by atoms with van der Waals surface area (Å²) < 4.78 is 13.5. The third kappa shape index (κ3) is 3.75. The highest BCUT2D eigenvalue weighted by atomic mass is 19.1. The Morgan fingerprint density at radius 2 is 2.14 bits per heavy atom. The normalized spacial score (nSPS) is 21.8. The maximum absolute atomic E-state index is 13.5. The number of nitro groups is 1. The van der Waals surface area contributed by atoms with Gasteiger partial charge in [0.2, 0.25) is 5.82 Å². The molecule has 1 amide bonds. The molecule has 1 aliphatic rings. The molecule has 0 radical (unpaired) electrons. The van der Waals surface area contributed by atoms with Crippen LogP contribution in [0.3, 0.4) is 0 Å². The molecule has 2 unspecified atom stereocenters. The summed E-state index contributed by atoms with van der Waals surface area (Å²) in [4.78, 5) is 21.6. The lowest BCUT2D eigenvalue weighted by molar-refractivity contribution is -0.387. The van der Waals surface area contributed by atoms with Gasteiger partial charge in [0, 0.05) is 24.1 Å². The van der Waals surface area contributed by atoms with Crippen LogP contribution in [-0.4, -0.2) is 28.6 Å². The summed E-state index contributed by atoms with van der Waals surface area (Å²) in [5.74, 6) is -1.53. The number of nitrogens with one attached hydrogen (secondary N) is 1. The predicted octanol–water partition coefficient (Wildman–Crippen LogP) is 2.01. The zero-order valence-electron chi connectivity index (χ0n) is 11.4. The van der Waals surface area contributed by atoms with Crippen molar-refractivity contribution in [1.29, 1.82) is 0 Å². The van der Waals surface area contributed by atoms with Gasteiger partial charge in [0.25, 0.3) is 5.91 Å². The molecule has 6 nitrogen and oxygen atoms in total. The van der Waals surface area contributed by atoms with E-state index in [0.29, 0.717) is 6.54 Å². The van der Waals surface area contributed by atoms with E-state index in [2.05, 4.69) is 5.32 Å². The molecule has 0 bridgehead atoms. The van der Waals surface area contributed by atoms with E-state index < -0.39 is 28.4 Å². The molecule has 0 heterocycles. The number of aliphatic hydroxyl groups is 1. The number of benzene rings is 1. The summed E-state index contributed by atoms with van der Waals surface area (Å²) in [6.07, 6.45) is 3.15. The molecule has 0 saturated heterocycles. The minimum Gasteiger partial charge on any atom is -0.393 e. The summed E-state index contributed by atoms with van der Waals surface area (Å²) in [5.41, 5.74) is -0.627. The van der Waals surface area contributed by atoms with Crippen LogP contribution in [0.2, 0.25) is 0 Å². The number of nitro benzene ring substituents is 1. The molecule has 0 aromatic heterocycles. The van der Waals surface area contributed by atoms with Gasteiger partial charge < -0.3 is 10.4 Å². The lowest BCUT2D eigenvalue weighted by Gasteiger charge is -2.27. The fourth-order valence-corrected chi connectivity index (χ4v) is 2.55. The fourth-order valence-electron chi connectivity index (χ4n) is 2.55. The first-order valence-corrected chi connectivity index (χ1v) is 6.89. The van der Waals surface area contributed by atoms with Crippen LogP contribution >= 0.6 is 0 Å². The smallest absolute Gasteiger partial charge is 0.304 e. The van der Waals surface area contributed by atoms with Gasteiger partial charge in [-0.15, -0.1) is 0 Å². The molecule has 21 heavy (non-hydrogen) atoms. The summed E-state index contributed by atoms with van der Waals surface area (Å²) in [6, 6.07) is 3.04. The van der Waals surface area contributed by atoms with E-state index in [1.807, 2.05) is 0 Å². The van der Waals surface area contributed by atoms with Crippen molar-refractivity contribution in [3.63, 3.8) is 0 Å². The largest absolute Gasteiger partial charge is 0.393 e. The van der Waals surface area contributed by atoms with E-state index in [-0.39, 0.29) is 11.5 Å². The Bertz CT molecular complexity index is 550. The van der Waals surface area contributed by atoms with E-state index in [0.717, 1.165) is 37.8 Å². The van der Waals surface area contributed by atoms with E-state index in [9.17, 15) is 24.4 Å². The molecule has 1 saturated carbocycles. The van der Waals surface area contributed by atoms with Crippen molar-refractivity contribution >= 4 is 11.6 Å². The molecule has 2 rings (SSSR count). The van der Waals surface area contributed by atoms with E-state index in [4.69, 9.17) is 0 Å². The van der Waals surface area contributed by atoms with Gasteiger partial charge in [-0.25, -0.2) is 0 Å². The van der Waals surface area contributed by atoms with Crippen LogP contribution in [0.15, 0.2) is 18.2 Å². The third-order valence-corrected chi connectivity index (χ3v) is 3.80. The SMILES string of the molecule is O=C(NCC1CCCCC1O)c1ccc([N+](=O)[O-])c(F)c1. The van der Waals surface area contributed by atoms with E-state index in [1.54, 1.807) is 0 Å². The number of hydrogen-bond donors (Lipinski definition) is 2. The molecule has 1 aromatic rings. The number of halogens is 1. The highest BCUT2D eigenvalue weighted by molar-refractivity contribution is 5.94. The fraction of sp³-hybridized carbons (Fsp3) is 0.500. The molecule has 2 atom stereocenters. The molecular formula is C14H17FN2O4. The average Bonchev–Trinajstić information content (AvgIpc) is 2.45. The maximum Gasteiger partial charge on any atom is 0.304 e. The van der Waals surface area contributed by atoms with Crippen LogP contribution in [0.1, 0.15) is 36.0 Å². The van der Waals surface area contributed by atoms with Crippen molar-refractivity contribution in [3.05, 3.63) is 39.7 Å². The van der Waals surface area contributed by atoms with Crippen LogP contribution < -0.4 is 5.32 Å². The van der Waals surface area contributed by atoms with Crippen LogP contribution in [-0.2, 0) is 0 Å². The highest BCUT2D eigenvalue weighted by Gasteiger charge is 2.24. The average molecular weight is 296 g/mol. The number of rotatable bonds is 4. The van der Waals surface area contributed by atoms with Gasteiger partial charge in [0.15, 0.2) is 0 Å². The monoisotopic (exact) mass is 296 g/mol. The molecule has 2 N–H and O–H groups in total. The van der Waals surface area contributed by atoms with Gasteiger partial charge in [-0.2, -0.15) is 4.39 Å². The number of hydrogen-bond acceptors (Lipinski definition) is 4. The lowest BCUT2D eigenvalue weighted by Crippen LogP contribution is -2.36. The van der Waals surface area contributed by atoms with E-state index in [1.165, 1.54) is 6.07 Å². The van der Waals surface area contributed by atoms with Crippen molar-refractivity contribution in [1.82, 2.24) is 5.32 Å². The minimum atomic E-state index is -1.04. The summed E-state index contributed by atoms with van der Waals surface area (Å²) >= 11 is 0. The standard InChI is InChI=1S/C14H17FN2O4/c15-11-7-9(5-6-12(11)17(20)21)14(19)16-8-10-3-1-2-4-13(10)18/h5-7,10,13,18H,1-4,8H2,(H,16,19). The van der Waals surface area contributed by atoms with Crippen LogP contribution in [0, 0.1) is 21.8 Å². The van der Waals surface area contributed by atoms with Gasteiger partial charge in [-0.3, -0.25) is 14.9 Å². The van der Waals surface area contributed by atoms with E-state index >= 15 is 0 Å².